The Morgan fingerprint density at radius 1 is 1.31 bits per heavy atom. The van der Waals surface area contributed by atoms with Gasteiger partial charge >= 0.3 is 5.97 Å². The maximum absolute atomic E-state index is 11.1. The summed E-state index contributed by atoms with van der Waals surface area (Å²) in [5.74, 6) is -0.703. The molecule has 1 aliphatic heterocycles. The lowest BCUT2D eigenvalue weighted by molar-refractivity contribution is -0.152. The average Bonchev–Trinajstić information content (AvgIpc) is 2.53. The van der Waals surface area contributed by atoms with Crippen LogP contribution in [-0.2, 0) is 14.3 Å². The molecule has 90 valence electrons. The van der Waals surface area contributed by atoms with Crippen LogP contribution in [0.1, 0.15) is 45.4 Å². The highest BCUT2D eigenvalue weighted by Crippen LogP contribution is 2.24. The maximum atomic E-state index is 11.1. The van der Waals surface area contributed by atoms with Gasteiger partial charge in [-0.3, -0.25) is 4.79 Å². The standard InChI is InChI=1S/C12H18O4/c1-2-3-4-5-6-7-9-10(8-13)12(15)16-11(9)14/h8,11,14H,2-7H2,1H3. The molecule has 0 bridgehead atoms. The molecule has 0 aromatic carbocycles. The number of hydrogen-bond acceptors (Lipinski definition) is 4. The van der Waals surface area contributed by atoms with Gasteiger partial charge in [0.25, 0.3) is 0 Å². The number of aliphatic hydroxyl groups is 1. The van der Waals surface area contributed by atoms with Crippen LogP contribution in [0.2, 0.25) is 0 Å². The van der Waals surface area contributed by atoms with Gasteiger partial charge in [0.2, 0.25) is 6.29 Å². The minimum absolute atomic E-state index is 0.00277. The first-order chi connectivity index (χ1) is 7.70. The second kappa shape index (κ2) is 6.43. The first-order valence-corrected chi connectivity index (χ1v) is 5.78. The van der Waals surface area contributed by atoms with Crippen molar-refractivity contribution in [3.63, 3.8) is 0 Å². The van der Waals surface area contributed by atoms with Crippen LogP contribution in [0, 0.1) is 0 Å². The number of carbonyl (C=O) groups excluding carboxylic acids is 2. The molecule has 0 amide bonds. The predicted molar refractivity (Wildman–Crippen MR) is 58.6 cm³/mol. The van der Waals surface area contributed by atoms with Crippen LogP contribution < -0.4 is 0 Å². The Kier molecular flexibility index (Phi) is 5.19. The van der Waals surface area contributed by atoms with Gasteiger partial charge in [0.15, 0.2) is 6.29 Å². The van der Waals surface area contributed by atoms with Gasteiger partial charge in [-0.25, -0.2) is 4.79 Å². The molecule has 0 aromatic heterocycles. The smallest absolute Gasteiger partial charge is 0.344 e. The second-order valence-corrected chi connectivity index (χ2v) is 3.98. The number of unbranched alkanes of at least 4 members (excludes halogenated alkanes) is 4. The molecule has 16 heavy (non-hydrogen) atoms. The summed E-state index contributed by atoms with van der Waals surface area (Å²) >= 11 is 0. The van der Waals surface area contributed by atoms with Gasteiger partial charge in [-0.15, -0.1) is 0 Å². The molecule has 1 heterocycles. The van der Waals surface area contributed by atoms with E-state index in [1.54, 1.807) is 0 Å². The van der Waals surface area contributed by atoms with Gasteiger partial charge in [-0.05, 0) is 12.8 Å². The third-order valence-electron chi connectivity index (χ3n) is 2.75. The van der Waals surface area contributed by atoms with Crippen molar-refractivity contribution in [3.05, 3.63) is 11.1 Å². The van der Waals surface area contributed by atoms with Gasteiger partial charge in [-0.2, -0.15) is 0 Å². The lowest BCUT2D eigenvalue weighted by Gasteiger charge is -2.06. The van der Waals surface area contributed by atoms with Crippen LogP contribution in [0.3, 0.4) is 0 Å². The Hall–Kier alpha value is -1.16. The Morgan fingerprint density at radius 2 is 2.00 bits per heavy atom. The Morgan fingerprint density at radius 3 is 2.62 bits per heavy atom. The van der Waals surface area contributed by atoms with Gasteiger partial charge in [-0.1, -0.05) is 32.6 Å². The molecule has 1 atom stereocenters. The minimum Gasteiger partial charge on any atom is -0.428 e. The average molecular weight is 226 g/mol. The van der Waals surface area contributed by atoms with Crippen LogP contribution in [-0.4, -0.2) is 23.7 Å². The zero-order chi connectivity index (χ0) is 12.0. The van der Waals surface area contributed by atoms with Crippen molar-refractivity contribution in [2.45, 2.75) is 51.7 Å². The summed E-state index contributed by atoms with van der Waals surface area (Å²) in [7, 11) is 0. The predicted octanol–water partition coefficient (Wildman–Crippen LogP) is 1.72. The molecule has 0 saturated carbocycles. The van der Waals surface area contributed by atoms with E-state index in [0.717, 1.165) is 19.3 Å². The number of cyclic esters (lactones) is 1. The van der Waals surface area contributed by atoms with E-state index >= 15 is 0 Å². The van der Waals surface area contributed by atoms with Gasteiger partial charge in [0, 0.05) is 5.57 Å². The molecule has 0 saturated heterocycles. The number of aldehydes is 1. The number of esters is 1. The van der Waals surface area contributed by atoms with E-state index in [9.17, 15) is 14.7 Å². The van der Waals surface area contributed by atoms with Crippen LogP contribution >= 0.6 is 0 Å². The van der Waals surface area contributed by atoms with E-state index in [0.29, 0.717) is 18.3 Å². The number of rotatable bonds is 7. The van der Waals surface area contributed by atoms with E-state index in [1.807, 2.05) is 0 Å². The summed E-state index contributed by atoms with van der Waals surface area (Å²) < 4.78 is 4.57. The van der Waals surface area contributed by atoms with Crippen molar-refractivity contribution >= 4 is 12.3 Å². The fraction of sp³-hybridized carbons (Fsp3) is 0.667. The molecule has 4 heteroatoms. The largest absolute Gasteiger partial charge is 0.428 e. The van der Waals surface area contributed by atoms with E-state index in [4.69, 9.17) is 0 Å². The van der Waals surface area contributed by atoms with Crippen LogP contribution in [0.25, 0.3) is 0 Å². The summed E-state index contributed by atoms with van der Waals surface area (Å²) in [5.41, 5.74) is 0.444. The SMILES string of the molecule is CCCCCCCC1=C(C=O)C(=O)OC1O. The van der Waals surface area contributed by atoms with Gasteiger partial charge in [0.1, 0.15) is 5.57 Å². The van der Waals surface area contributed by atoms with Crippen molar-refractivity contribution in [3.8, 4) is 0 Å². The normalized spacial score (nSPS) is 20.1. The Bertz CT molecular complexity index is 293. The van der Waals surface area contributed by atoms with Crippen molar-refractivity contribution in [1.29, 1.82) is 0 Å². The highest BCUT2D eigenvalue weighted by Gasteiger charge is 2.31. The van der Waals surface area contributed by atoms with Gasteiger partial charge < -0.3 is 9.84 Å². The zero-order valence-electron chi connectivity index (χ0n) is 9.57. The first kappa shape index (κ1) is 12.9. The second-order valence-electron chi connectivity index (χ2n) is 3.98. The highest BCUT2D eigenvalue weighted by molar-refractivity contribution is 6.10. The maximum Gasteiger partial charge on any atom is 0.344 e. The molecule has 0 aromatic rings. The first-order valence-electron chi connectivity index (χ1n) is 5.78. The topological polar surface area (TPSA) is 63.6 Å². The molecule has 0 fully saturated rings. The molecule has 4 nitrogen and oxygen atoms in total. The summed E-state index contributed by atoms with van der Waals surface area (Å²) in [6.45, 7) is 2.14. The molecule has 0 radical (unpaired) electrons. The summed E-state index contributed by atoms with van der Waals surface area (Å²) in [4.78, 5) is 21.7. The third-order valence-corrected chi connectivity index (χ3v) is 2.75. The quantitative estimate of drug-likeness (QED) is 0.311. The Balaban J connectivity index is 2.42. The van der Waals surface area contributed by atoms with Crippen LogP contribution in [0.15, 0.2) is 11.1 Å². The van der Waals surface area contributed by atoms with Crippen LogP contribution in [0.4, 0.5) is 0 Å². The minimum atomic E-state index is -1.21. The molecule has 0 spiro atoms. The van der Waals surface area contributed by atoms with E-state index < -0.39 is 12.3 Å². The van der Waals surface area contributed by atoms with Gasteiger partial charge in [0.05, 0.1) is 0 Å². The number of carbonyl (C=O) groups is 2. The number of aliphatic hydroxyl groups excluding tert-OH is 1. The Labute approximate surface area is 95.3 Å². The summed E-state index contributed by atoms with van der Waals surface area (Å²) in [5, 5.41) is 9.40. The van der Waals surface area contributed by atoms with Crippen molar-refractivity contribution in [2.24, 2.45) is 0 Å². The molecule has 1 N–H and O–H groups in total. The summed E-state index contributed by atoms with van der Waals surface area (Å²) in [6.07, 6.45) is 5.25. The molecular weight excluding hydrogens is 208 g/mol. The van der Waals surface area contributed by atoms with Crippen molar-refractivity contribution in [2.75, 3.05) is 0 Å². The monoisotopic (exact) mass is 226 g/mol. The molecule has 1 rings (SSSR count). The fourth-order valence-corrected chi connectivity index (χ4v) is 1.80. The lowest BCUT2D eigenvalue weighted by Crippen LogP contribution is -2.09. The van der Waals surface area contributed by atoms with Crippen LogP contribution in [0.5, 0.6) is 0 Å². The number of ether oxygens (including phenoxy) is 1. The molecule has 1 aliphatic rings. The zero-order valence-corrected chi connectivity index (χ0v) is 9.57. The van der Waals surface area contributed by atoms with Crippen molar-refractivity contribution < 1.29 is 19.4 Å². The molecular formula is C12H18O4. The van der Waals surface area contributed by atoms with E-state index in [2.05, 4.69) is 11.7 Å². The molecule has 1 unspecified atom stereocenters. The highest BCUT2D eigenvalue weighted by atomic mass is 16.6. The molecule has 0 aliphatic carbocycles. The number of hydrogen-bond donors (Lipinski definition) is 1. The third kappa shape index (κ3) is 3.17. The van der Waals surface area contributed by atoms with Crippen molar-refractivity contribution in [1.82, 2.24) is 0 Å². The van der Waals surface area contributed by atoms with E-state index in [1.165, 1.54) is 12.8 Å². The van der Waals surface area contributed by atoms with E-state index in [-0.39, 0.29) is 5.57 Å². The summed E-state index contributed by atoms with van der Waals surface area (Å²) in [6, 6.07) is 0. The fourth-order valence-electron chi connectivity index (χ4n) is 1.80. The lowest BCUT2D eigenvalue weighted by atomic mass is 10.0.